The van der Waals surface area contributed by atoms with Crippen LogP contribution in [0.5, 0.6) is 0 Å². The zero-order chi connectivity index (χ0) is 14.6. The molecule has 1 aliphatic rings. The smallest absolute Gasteiger partial charge is 0.127 e. The van der Waals surface area contributed by atoms with Crippen molar-refractivity contribution in [1.82, 2.24) is 10.2 Å². The van der Waals surface area contributed by atoms with Gasteiger partial charge in [-0.05, 0) is 36.6 Å². The minimum Gasteiger partial charge on any atom is -0.395 e. The van der Waals surface area contributed by atoms with E-state index >= 15 is 0 Å². The van der Waals surface area contributed by atoms with E-state index in [9.17, 15) is 9.50 Å². The van der Waals surface area contributed by atoms with Gasteiger partial charge in [0.15, 0.2) is 0 Å². The van der Waals surface area contributed by atoms with Crippen LogP contribution in [-0.4, -0.2) is 42.8 Å². The molecule has 1 unspecified atom stereocenters. The molecule has 2 rings (SSSR count). The first-order chi connectivity index (χ1) is 9.52. The van der Waals surface area contributed by atoms with Gasteiger partial charge in [-0.1, -0.05) is 22.9 Å². The molecule has 1 aromatic rings. The van der Waals surface area contributed by atoms with Gasteiger partial charge in [0, 0.05) is 36.2 Å². The summed E-state index contributed by atoms with van der Waals surface area (Å²) in [6.45, 7) is 6.33. The fourth-order valence-corrected chi connectivity index (χ4v) is 3.21. The molecule has 3 nitrogen and oxygen atoms in total. The molecule has 0 radical (unpaired) electrons. The van der Waals surface area contributed by atoms with Crippen LogP contribution in [0, 0.1) is 11.2 Å². The number of nitrogens with one attached hydrogen (secondary N) is 1. The molecule has 0 amide bonds. The van der Waals surface area contributed by atoms with Gasteiger partial charge in [-0.2, -0.15) is 0 Å². The van der Waals surface area contributed by atoms with E-state index in [0.29, 0.717) is 18.7 Å². The summed E-state index contributed by atoms with van der Waals surface area (Å²) < 4.78 is 14.7. The number of halogens is 2. The molecule has 1 heterocycles. The van der Waals surface area contributed by atoms with Crippen molar-refractivity contribution in [3.63, 3.8) is 0 Å². The Morgan fingerprint density at radius 2 is 2.30 bits per heavy atom. The number of hydrogen-bond acceptors (Lipinski definition) is 3. The number of rotatable bonds is 6. The van der Waals surface area contributed by atoms with Crippen molar-refractivity contribution in [2.24, 2.45) is 5.41 Å². The summed E-state index contributed by atoms with van der Waals surface area (Å²) in [5, 5.41) is 12.6. The zero-order valence-corrected chi connectivity index (χ0v) is 13.4. The first-order valence-corrected chi connectivity index (χ1v) is 7.80. The minimum atomic E-state index is -0.189. The van der Waals surface area contributed by atoms with Gasteiger partial charge in [-0.25, -0.2) is 4.39 Å². The summed E-state index contributed by atoms with van der Waals surface area (Å²) >= 11 is 3.38. The van der Waals surface area contributed by atoms with Crippen LogP contribution < -0.4 is 5.32 Å². The van der Waals surface area contributed by atoms with Crippen LogP contribution in [0.1, 0.15) is 18.9 Å². The molecule has 0 spiro atoms. The van der Waals surface area contributed by atoms with E-state index in [2.05, 4.69) is 33.1 Å². The summed E-state index contributed by atoms with van der Waals surface area (Å²) in [5.41, 5.74) is 0.875. The molecule has 2 N–H and O–H groups in total. The highest BCUT2D eigenvalue weighted by Gasteiger charge is 2.30. The Morgan fingerprint density at radius 3 is 2.95 bits per heavy atom. The lowest BCUT2D eigenvalue weighted by Gasteiger charge is -2.31. The lowest BCUT2D eigenvalue weighted by atomic mass is 9.89. The molecule has 1 fully saturated rings. The van der Waals surface area contributed by atoms with E-state index < -0.39 is 0 Å². The van der Waals surface area contributed by atoms with Crippen LogP contribution in [0.4, 0.5) is 4.39 Å². The zero-order valence-electron chi connectivity index (χ0n) is 11.8. The van der Waals surface area contributed by atoms with E-state index in [1.54, 1.807) is 6.07 Å². The van der Waals surface area contributed by atoms with Crippen LogP contribution in [0.3, 0.4) is 0 Å². The predicted molar refractivity (Wildman–Crippen MR) is 82.1 cm³/mol. The largest absolute Gasteiger partial charge is 0.395 e. The Hall–Kier alpha value is -0.490. The third-order valence-corrected chi connectivity index (χ3v) is 4.37. The SMILES string of the molecule is CC1(CN(CCO)Cc2cc(Br)ccc2F)CCNC1. The van der Waals surface area contributed by atoms with Crippen molar-refractivity contribution in [1.29, 1.82) is 0 Å². The average molecular weight is 345 g/mol. The van der Waals surface area contributed by atoms with Gasteiger partial charge in [0.05, 0.1) is 6.61 Å². The standard InChI is InChI=1S/C15H22BrFN2O/c1-15(4-5-18-10-15)11-19(6-7-20)9-12-8-13(16)2-3-14(12)17/h2-3,8,18,20H,4-7,9-11H2,1H3. The summed E-state index contributed by atoms with van der Waals surface area (Å²) in [6, 6.07) is 5.00. The molecule has 5 heteroatoms. The highest BCUT2D eigenvalue weighted by molar-refractivity contribution is 9.10. The van der Waals surface area contributed by atoms with Gasteiger partial charge in [0.25, 0.3) is 0 Å². The maximum absolute atomic E-state index is 13.9. The summed E-state index contributed by atoms with van der Waals surface area (Å²) in [7, 11) is 0. The van der Waals surface area contributed by atoms with Gasteiger partial charge in [0.2, 0.25) is 0 Å². The Bertz CT molecular complexity index is 449. The van der Waals surface area contributed by atoms with Gasteiger partial charge < -0.3 is 10.4 Å². The molecule has 20 heavy (non-hydrogen) atoms. The van der Waals surface area contributed by atoms with Crippen LogP contribution in [0.15, 0.2) is 22.7 Å². The molecular formula is C15H22BrFN2O. The minimum absolute atomic E-state index is 0.0964. The second kappa shape index (κ2) is 6.98. The fourth-order valence-electron chi connectivity index (χ4n) is 2.80. The molecular weight excluding hydrogens is 323 g/mol. The monoisotopic (exact) mass is 344 g/mol. The van der Waals surface area contributed by atoms with Crippen LogP contribution in [0.25, 0.3) is 0 Å². The lowest BCUT2D eigenvalue weighted by Crippen LogP contribution is -2.38. The van der Waals surface area contributed by atoms with E-state index in [1.165, 1.54) is 6.07 Å². The van der Waals surface area contributed by atoms with Crippen molar-refractivity contribution in [2.45, 2.75) is 19.9 Å². The molecule has 0 aliphatic carbocycles. The van der Waals surface area contributed by atoms with Gasteiger partial charge in [0.1, 0.15) is 5.82 Å². The molecule has 112 valence electrons. The predicted octanol–water partition coefficient (Wildman–Crippen LogP) is 2.38. The average Bonchev–Trinajstić information content (AvgIpc) is 2.81. The number of hydrogen-bond donors (Lipinski definition) is 2. The van der Waals surface area contributed by atoms with E-state index in [-0.39, 0.29) is 17.8 Å². The summed E-state index contributed by atoms with van der Waals surface area (Å²) in [6.07, 6.45) is 1.12. The Labute approximate surface area is 128 Å². The Morgan fingerprint density at radius 1 is 1.50 bits per heavy atom. The third-order valence-electron chi connectivity index (χ3n) is 3.88. The van der Waals surface area contributed by atoms with Gasteiger partial charge in [-0.15, -0.1) is 0 Å². The summed E-state index contributed by atoms with van der Waals surface area (Å²) in [4.78, 5) is 2.14. The highest BCUT2D eigenvalue weighted by Crippen LogP contribution is 2.27. The highest BCUT2D eigenvalue weighted by atomic mass is 79.9. The van der Waals surface area contributed by atoms with Crippen LogP contribution in [0.2, 0.25) is 0 Å². The van der Waals surface area contributed by atoms with Gasteiger partial charge >= 0.3 is 0 Å². The van der Waals surface area contributed by atoms with Crippen molar-refractivity contribution >= 4 is 15.9 Å². The maximum atomic E-state index is 13.9. The molecule has 1 saturated heterocycles. The molecule has 0 bridgehead atoms. The quantitative estimate of drug-likeness (QED) is 0.831. The Balaban J connectivity index is 2.06. The third kappa shape index (κ3) is 4.25. The van der Waals surface area contributed by atoms with Crippen molar-refractivity contribution < 1.29 is 9.50 Å². The van der Waals surface area contributed by atoms with Crippen molar-refractivity contribution in [2.75, 3.05) is 32.8 Å². The van der Waals surface area contributed by atoms with E-state index in [0.717, 1.165) is 30.5 Å². The molecule has 1 atom stereocenters. The first kappa shape index (κ1) is 15.9. The fraction of sp³-hybridized carbons (Fsp3) is 0.600. The first-order valence-electron chi connectivity index (χ1n) is 7.00. The van der Waals surface area contributed by atoms with Crippen LogP contribution in [-0.2, 0) is 6.54 Å². The summed E-state index contributed by atoms with van der Waals surface area (Å²) in [5.74, 6) is -0.189. The van der Waals surface area contributed by atoms with E-state index in [1.807, 2.05) is 6.07 Å². The number of aliphatic hydroxyl groups excluding tert-OH is 1. The van der Waals surface area contributed by atoms with Crippen molar-refractivity contribution in [3.05, 3.63) is 34.1 Å². The number of aliphatic hydroxyl groups is 1. The number of benzene rings is 1. The molecule has 1 aromatic carbocycles. The lowest BCUT2D eigenvalue weighted by molar-refractivity contribution is 0.136. The second-order valence-electron chi connectivity index (χ2n) is 5.91. The van der Waals surface area contributed by atoms with Crippen molar-refractivity contribution in [3.8, 4) is 0 Å². The maximum Gasteiger partial charge on any atom is 0.127 e. The van der Waals surface area contributed by atoms with Gasteiger partial charge in [-0.3, -0.25) is 4.90 Å². The number of nitrogens with zero attached hydrogens (tertiary/aromatic N) is 1. The Kier molecular flexibility index (Phi) is 5.55. The molecule has 0 aromatic heterocycles. The van der Waals surface area contributed by atoms with Crippen LogP contribution >= 0.6 is 15.9 Å². The molecule has 0 saturated carbocycles. The molecule has 1 aliphatic heterocycles. The normalized spacial score (nSPS) is 22.6. The van der Waals surface area contributed by atoms with E-state index in [4.69, 9.17) is 0 Å². The topological polar surface area (TPSA) is 35.5 Å². The second-order valence-corrected chi connectivity index (χ2v) is 6.82.